The molecule has 2 aromatic rings. The first-order valence-electron chi connectivity index (χ1n) is 5.51. The number of nitrogens with zero attached hydrogens (tertiary/aromatic N) is 1. The van der Waals surface area contributed by atoms with Crippen LogP contribution < -0.4 is 0 Å². The molecule has 1 aromatic carbocycles. The van der Waals surface area contributed by atoms with Gasteiger partial charge in [-0.15, -0.1) is 0 Å². The number of hydrogen-bond donors (Lipinski definition) is 0. The number of esters is 1. The van der Waals surface area contributed by atoms with Gasteiger partial charge in [-0.05, 0) is 37.6 Å². The van der Waals surface area contributed by atoms with Gasteiger partial charge in [0.2, 0.25) is 0 Å². The van der Waals surface area contributed by atoms with Gasteiger partial charge in [-0.25, -0.2) is 4.79 Å². The van der Waals surface area contributed by atoms with E-state index in [1.165, 1.54) is 6.20 Å². The Hall–Kier alpha value is -1.81. The van der Waals surface area contributed by atoms with Gasteiger partial charge in [-0.3, -0.25) is 0 Å². The van der Waals surface area contributed by atoms with Crippen molar-refractivity contribution >= 4 is 17.6 Å². The zero-order chi connectivity index (χ0) is 13.1. The van der Waals surface area contributed by atoms with Crippen LogP contribution >= 0.6 is 11.6 Å². The average molecular weight is 266 g/mol. The van der Waals surface area contributed by atoms with Gasteiger partial charge in [-0.2, -0.15) is 0 Å². The SMILES string of the molecule is CCOC(=O)c1cnoc1-c1ccc(Cl)c(C)c1. The highest BCUT2D eigenvalue weighted by Gasteiger charge is 2.19. The molecule has 2 rings (SSSR count). The molecule has 0 atom stereocenters. The summed E-state index contributed by atoms with van der Waals surface area (Å²) in [5.74, 6) is -0.0467. The number of aromatic nitrogens is 1. The lowest BCUT2D eigenvalue weighted by Crippen LogP contribution is -2.04. The van der Waals surface area contributed by atoms with Gasteiger partial charge in [0.25, 0.3) is 0 Å². The first-order chi connectivity index (χ1) is 8.63. The maximum Gasteiger partial charge on any atom is 0.343 e. The normalized spacial score (nSPS) is 10.4. The Morgan fingerprint density at radius 2 is 2.28 bits per heavy atom. The zero-order valence-corrected chi connectivity index (χ0v) is 10.8. The summed E-state index contributed by atoms with van der Waals surface area (Å²) in [5, 5.41) is 4.31. The van der Waals surface area contributed by atoms with E-state index in [2.05, 4.69) is 5.16 Å². The molecule has 0 N–H and O–H groups in total. The van der Waals surface area contributed by atoms with E-state index in [-0.39, 0.29) is 0 Å². The molecule has 0 bridgehead atoms. The monoisotopic (exact) mass is 265 g/mol. The Kier molecular flexibility index (Phi) is 3.67. The minimum Gasteiger partial charge on any atom is -0.462 e. The molecule has 0 unspecified atom stereocenters. The molecule has 0 fully saturated rings. The number of benzene rings is 1. The van der Waals surface area contributed by atoms with Gasteiger partial charge in [0.05, 0.1) is 12.8 Å². The van der Waals surface area contributed by atoms with Crippen molar-refractivity contribution in [3.63, 3.8) is 0 Å². The average Bonchev–Trinajstić information content (AvgIpc) is 2.82. The number of carbonyl (C=O) groups is 1. The van der Waals surface area contributed by atoms with Crippen molar-refractivity contribution in [1.29, 1.82) is 0 Å². The van der Waals surface area contributed by atoms with E-state index in [0.717, 1.165) is 11.1 Å². The second kappa shape index (κ2) is 5.23. The molecule has 1 aromatic heterocycles. The molecule has 0 spiro atoms. The lowest BCUT2D eigenvalue weighted by Gasteiger charge is -2.03. The fraction of sp³-hybridized carbons (Fsp3) is 0.231. The summed E-state index contributed by atoms with van der Waals surface area (Å²) < 4.78 is 10.1. The highest BCUT2D eigenvalue weighted by molar-refractivity contribution is 6.31. The quantitative estimate of drug-likeness (QED) is 0.797. The second-order valence-corrected chi connectivity index (χ2v) is 4.16. The van der Waals surface area contributed by atoms with Crippen LogP contribution in [-0.4, -0.2) is 17.7 Å². The van der Waals surface area contributed by atoms with E-state index >= 15 is 0 Å². The minimum absolute atomic E-state index is 0.309. The van der Waals surface area contributed by atoms with Crippen LogP contribution in [0, 0.1) is 6.92 Å². The number of rotatable bonds is 3. The Morgan fingerprint density at radius 3 is 2.94 bits per heavy atom. The summed E-state index contributed by atoms with van der Waals surface area (Å²) in [7, 11) is 0. The van der Waals surface area contributed by atoms with Crippen LogP contribution in [0.15, 0.2) is 28.9 Å². The summed E-state index contributed by atoms with van der Waals surface area (Å²) in [5.41, 5.74) is 1.97. The van der Waals surface area contributed by atoms with Crippen LogP contribution in [0.25, 0.3) is 11.3 Å². The lowest BCUT2D eigenvalue weighted by atomic mass is 10.1. The van der Waals surface area contributed by atoms with Gasteiger partial charge >= 0.3 is 5.97 Å². The number of aryl methyl sites for hydroxylation is 1. The maximum atomic E-state index is 11.7. The molecule has 0 aliphatic heterocycles. The predicted octanol–water partition coefficient (Wildman–Crippen LogP) is 3.48. The van der Waals surface area contributed by atoms with Crippen LogP contribution in [0.3, 0.4) is 0 Å². The van der Waals surface area contributed by atoms with Gasteiger partial charge < -0.3 is 9.26 Å². The molecule has 94 valence electrons. The summed E-state index contributed by atoms with van der Waals surface area (Å²) in [6.07, 6.45) is 1.36. The number of carbonyl (C=O) groups excluding carboxylic acids is 1. The molecule has 0 aliphatic carbocycles. The van der Waals surface area contributed by atoms with E-state index in [1.807, 2.05) is 13.0 Å². The van der Waals surface area contributed by atoms with E-state index in [0.29, 0.717) is 23.0 Å². The largest absolute Gasteiger partial charge is 0.462 e. The van der Waals surface area contributed by atoms with E-state index in [9.17, 15) is 4.79 Å². The zero-order valence-electron chi connectivity index (χ0n) is 10.1. The van der Waals surface area contributed by atoms with Crippen molar-refractivity contribution in [2.45, 2.75) is 13.8 Å². The second-order valence-electron chi connectivity index (χ2n) is 3.75. The lowest BCUT2D eigenvalue weighted by molar-refractivity contribution is 0.0527. The summed E-state index contributed by atoms with van der Waals surface area (Å²) in [6, 6.07) is 5.37. The van der Waals surface area contributed by atoms with Crippen LogP contribution in [-0.2, 0) is 4.74 Å². The Morgan fingerprint density at radius 1 is 1.50 bits per heavy atom. The number of halogens is 1. The van der Waals surface area contributed by atoms with Gasteiger partial charge in [-0.1, -0.05) is 16.8 Å². The molecule has 0 radical (unpaired) electrons. The predicted molar refractivity (Wildman–Crippen MR) is 67.6 cm³/mol. The van der Waals surface area contributed by atoms with Crippen molar-refractivity contribution in [3.8, 4) is 11.3 Å². The van der Waals surface area contributed by atoms with Crippen LogP contribution in [0.5, 0.6) is 0 Å². The van der Waals surface area contributed by atoms with Crippen molar-refractivity contribution in [3.05, 3.63) is 40.5 Å². The molecule has 5 heteroatoms. The fourth-order valence-corrected chi connectivity index (χ4v) is 1.71. The van der Waals surface area contributed by atoms with Crippen molar-refractivity contribution in [2.24, 2.45) is 0 Å². The molecule has 4 nitrogen and oxygen atoms in total. The van der Waals surface area contributed by atoms with Gasteiger partial charge in [0.15, 0.2) is 5.76 Å². The summed E-state index contributed by atoms with van der Waals surface area (Å²) >= 11 is 5.96. The van der Waals surface area contributed by atoms with Crippen LogP contribution in [0.4, 0.5) is 0 Å². The van der Waals surface area contributed by atoms with Crippen LogP contribution in [0.2, 0.25) is 5.02 Å². The maximum absolute atomic E-state index is 11.7. The van der Waals surface area contributed by atoms with Gasteiger partial charge in [0.1, 0.15) is 5.56 Å². The highest BCUT2D eigenvalue weighted by atomic mass is 35.5. The summed E-state index contributed by atoms with van der Waals surface area (Å²) in [6.45, 7) is 3.94. The first-order valence-corrected chi connectivity index (χ1v) is 5.89. The topological polar surface area (TPSA) is 52.3 Å². The molecule has 1 heterocycles. The third-order valence-corrected chi connectivity index (χ3v) is 2.91. The van der Waals surface area contributed by atoms with Crippen molar-refractivity contribution in [2.75, 3.05) is 6.61 Å². The fourth-order valence-electron chi connectivity index (χ4n) is 1.59. The van der Waals surface area contributed by atoms with Crippen molar-refractivity contribution < 1.29 is 14.1 Å². The smallest absolute Gasteiger partial charge is 0.343 e. The standard InChI is InChI=1S/C13H12ClNO3/c1-3-17-13(16)10-7-15-18-12(10)9-4-5-11(14)8(2)6-9/h4-7H,3H2,1-2H3. The molecule has 18 heavy (non-hydrogen) atoms. The molecule has 0 amide bonds. The minimum atomic E-state index is -0.443. The first kappa shape index (κ1) is 12.6. The number of hydrogen-bond acceptors (Lipinski definition) is 4. The van der Waals surface area contributed by atoms with Gasteiger partial charge in [0, 0.05) is 10.6 Å². The Balaban J connectivity index is 2.42. The van der Waals surface area contributed by atoms with Crippen LogP contribution in [0.1, 0.15) is 22.8 Å². The molecular formula is C13H12ClNO3. The molecular weight excluding hydrogens is 254 g/mol. The molecule has 0 saturated carbocycles. The number of ether oxygens (including phenoxy) is 1. The third-order valence-electron chi connectivity index (χ3n) is 2.49. The van der Waals surface area contributed by atoms with E-state index in [4.69, 9.17) is 20.9 Å². The van der Waals surface area contributed by atoms with E-state index in [1.54, 1.807) is 19.1 Å². The van der Waals surface area contributed by atoms with Crippen molar-refractivity contribution in [1.82, 2.24) is 5.16 Å². The summed E-state index contributed by atoms with van der Waals surface area (Å²) in [4.78, 5) is 11.7. The molecule has 0 aliphatic rings. The van der Waals surface area contributed by atoms with E-state index < -0.39 is 5.97 Å². The third kappa shape index (κ3) is 2.38. The Bertz CT molecular complexity index is 577. The highest BCUT2D eigenvalue weighted by Crippen LogP contribution is 2.27. The Labute approximate surface area is 109 Å². The molecule has 0 saturated heterocycles.